The lowest BCUT2D eigenvalue weighted by Crippen LogP contribution is -2.18. The molecule has 0 aromatic carbocycles. The van der Waals surface area contributed by atoms with Gasteiger partial charge in [-0.05, 0) is 18.4 Å². The Hall–Kier alpha value is -0.0400. The number of hydrogen-bond acceptors (Lipinski definition) is 1. The van der Waals surface area contributed by atoms with Crippen molar-refractivity contribution in [2.24, 2.45) is 17.6 Å². The van der Waals surface area contributed by atoms with Gasteiger partial charge in [0.05, 0.1) is 0 Å². The standard InChI is InChI=1S/C7H17N/c1-4-7(5-8)6(2)3/h6-7H,4-5,8H2,1-3H3/t7-/m1/s1. The van der Waals surface area contributed by atoms with Crippen LogP contribution in [0.1, 0.15) is 27.2 Å². The van der Waals surface area contributed by atoms with Crippen molar-refractivity contribution in [3.05, 3.63) is 0 Å². The van der Waals surface area contributed by atoms with E-state index in [0.29, 0.717) is 0 Å². The lowest BCUT2D eigenvalue weighted by atomic mass is 9.94. The third-order valence-electron chi connectivity index (χ3n) is 1.77. The highest BCUT2D eigenvalue weighted by molar-refractivity contribution is 4.60. The Morgan fingerprint density at radius 2 is 1.88 bits per heavy atom. The predicted octanol–water partition coefficient (Wildman–Crippen LogP) is 1.63. The zero-order chi connectivity index (χ0) is 6.57. The highest BCUT2D eigenvalue weighted by Crippen LogP contribution is 2.11. The van der Waals surface area contributed by atoms with Gasteiger partial charge in [0.25, 0.3) is 0 Å². The van der Waals surface area contributed by atoms with Gasteiger partial charge in [-0.2, -0.15) is 0 Å². The molecular weight excluding hydrogens is 98.1 g/mol. The molecule has 0 spiro atoms. The second kappa shape index (κ2) is 3.90. The molecule has 8 heavy (non-hydrogen) atoms. The lowest BCUT2D eigenvalue weighted by Gasteiger charge is -2.15. The molecule has 0 rings (SSSR count). The number of hydrogen-bond donors (Lipinski definition) is 1. The fraction of sp³-hybridized carbons (Fsp3) is 1.00. The molecular formula is C7H17N. The van der Waals surface area contributed by atoms with Gasteiger partial charge in [0, 0.05) is 0 Å². The predicted molar refractivity (Wildman–Crippen MR) is 37.7 cm³/mol. The van der Waals surface area contributed by atoms with Gasteiger partial charge in [0.2, 0.25) is 0 Å². The van der Waals surface area contributed by atoms with Gasteiger partial charge in [-0.15, -0.1) is 0 Å². The van der Waals surface area contributed by atoms with Crippen LogP contribution in [0.4, 0.5) is 0 Å². The summed E-state index contributed by atoms with van der Waals surface area (Å²) in [5.74, 6) is 1.49. The molecule has 0 fully saturated rings. The summed E-state index contributed by atoms with van der Waals surface area (Å²) in [5, 5.41) is 0. The first-order valence-corrected chi connectivity index (χ1v) is 3.42. The van der Waals surface area contributed by atoms with Gasteiger partial charge in [-0.25, -0.2) is 0 Å². The zero-order valence-corrected chi connectivity index (χ0v) is 6.15. The molecule has 2 N–H and O–H groups in total. The van der Waals surface area contributed by atoms with Crippen LogP contribution >= 0.6 is 0 Å². The van der Waals surface area contributed by atoms with Gasteiger partial charge in [0.15, 0.2) is 0 Å². The zero-order valence-electron chi connectivity index (χ0n) is 6.15. The fourth-order valence-electron chi connectivity index (χ4n) is 0.910. The van der Waals surface area contributed by atoms with E-state index in [1.54, 1.807) is 0 Å². The van der Waals surface area contributed by atoms with Crippen LogP contribution in [0.5, 0.6) is 0 Å². The van der Waals surface area contributed by atoms with Crippen LogP contribution in [-0.4, -0.2) is 6.54 Å². The first-order chi connectivity index (χ1) is 3.72. The van der Waals surface area contributed by atoms with E-state index in [0.717, 1.165) is 18.4 Å². The topological polar surface area (TPSA) is 26.0 Å². The van der Waals surface area contributed by atoms with Crippen LogP contribution in [0.15, 0.2) is 0 Å². The van der Waals surface area contributed by atoms with Crippen LogP contribution in [0, 0.1) is 11.8 Å². The van der Waals surface area contributed by atoms with Crippen molar-refractivity contribution in [3.8, 4) is 0 Å². The minimum absolute atomic E-state index is 0.731. The van der Waals surface area contributed by atoms with Crippen molar-refractivity contribution >= 4 is 0 Å². The monoisotopic (exact) mass is 115 g/mol. The third-order valence-corrected chi connectivity index (χ3v) is 1.77. The second-order valence-electron chi connectivity index (χ2n) is 2.65. The molecule has 0 unspecified atom stereocenters. The largest absolute Gasteiger partial charge is 0.330 e. The summed E-state index contributed by atoms with van der Waals surface area (Å²) in [6.45, 7) is 7.48. The van der Waals surface area contributed by atoms with Gasteiger partial charge >= 0.3 is 0 Å². The molecule has 1 atom stereocenters. The molecule has 0 aromatic heterocycles. The van der Waals surface area contributed by atoms with E-state index in [9.17, 15) is 0 Å². The molecule has 0 aliphatic heterocycles. The van der Waals surface area contributed by atoms with Crippen molar-refractivity contribution in [2.45, 2.75) is 27.2 Å². The van der Waals surface area contributed by atoms with E-state index in [4.69, 9.17) is 5.73 Å². The van der Waals surface area contributed by atoms with Gasteiger partial charge in [-0.1, -0.05) is 27.2 Å². The Morgan fingerprint density at radius 1 is 1.38 bits per heavy atom. The maximum Gasteiger partial charge on any atom is -0.00465 e. The van der Waals surface area contributed by atoms with Crippen LogP contribution in [0.3, 0.4) is 0 Å². The summed E-state index contributed by atoms with van der Waals surface area (Å²) < 4.78 is 0. The first kappa shape index (κ1) is 7.96. The lowest BCUT2D eigenvalue weighted by molar-refractivity contribution is 0.383. The number of nitrogens with two attached hydrogens (primary N) is 1. The van der Waals surface area contributed by atoms with Gasteiger partial charge in [-0.3, -0.25) is 0 Å². The molecule has 0 aliphatic rings. The summed E-state index contributed by atoms with van der Waals surface area (Å²) in [5.41, 5.74) is 5.48. The molecule has 1 nitrogen and oxygen atoms in total. The molecule has 0 aliphatic carbocycles. The summed E-state index contributed by atoms with van der Waals surface area (Å²) in [7, 11) is 0. The Morgan fingerprint density at radius 3 is 1.88 bits per heavy atom. The summed E-state index contributed by atoms with van der Waals surface area (Å²) in [4.78, 5) is 0. The minimum atomic E-state index is 0.731. The van der Waals surface area contributed by atoms with Gasteiger partial charge < -0.3 is 5.73 Å². The third kappa shape index (κ3) is 2.31. The highest BCUT2D eigenvalue weighted by Gasteiger charge is 2.06. The van der Waals surface area contributed by atoms with Crippen molar-refractivity contribution in [1.29, 1.82) is 0 Å². The maximum absolute atomic E-state index is 5.48. The van der Waals surface area contributed by atoms with E-state index >= 15 is 0 Å². The fourth-order valence-corrected chi connectivity index (χ4v) is 0.910. The second-order valence-corrected chi connectivity index (χ2v) is 2.65. The van der Waals surface area contributed by atoms with Crippen molar-refractivity contribution in [2.75, 3.05) is 6.54 Å². The average Bonchev–Trinajstić information content (AvgIpc) is 1.69. The summed E-state index contributed by atoms with van der Waals surface area (Å²) in [6, 6.07) is 0. The smallest absolute Gasteiger partial charge is 0.00465 e. The Labute approximate surface area is 52.3 Å². The molecule has 0 amide bonds. The highest BCUT2D eigenvalue weighted by atomic mass is 14.5. The number of rotatable bonds is 3. The average molecular weight is 115 g/mol. The molecule has 0 heterocycles. The van der Waals surface area contributed by atoms with Gasteiger partial charge in [0.1, 0.15) is 0 Å². The summed E-state index contributed by atoms with van der Waals surface area (Å²) >= 11 is 0. The SMILES string of the molecule is CC[C@H](CN)C(C)C. The van der Waals surface area contributed by atoms with Crippen LogP contribution in [0.25, 0.3) is 0 Å². The Bertz CT molecular complexity index is 46.3. The van der Waals surface area contributed by atoms with E-state index in [2.05, 4.69) is 20.8 Å². The maximum atomic E-state index is 5.48. The Kier molecular flexibility index (Phi) is 3.88. The van der Waals surface area contributed by atoms with Crippen molar-refractivity contribution in [3.63, 3.8) is 0 Å². The summed E-state index contributed by atoms with van der Waals surface area (Å²) in [6.07, 6.45) is 1.22. The van der Waals surface area contributed by atoms with Crippen LogP contribution in [0.2, 0.25) is 0 Å². The quantitative estimate of drug-likeness (QED) is 0.594. The van der Waals surface area contributed by atoms with E-state index in [1.807, 2.05) is 0 Å². The Balaban J connectivity index is 3.35. The first-order valence-electron chi connectivity index (χ1n) is 3.42. The molecule has 50 valence electrons. The van der Waals surface area contributed by atoms with E-state index in [1.165, 1.54) is 6.42 Å². The normalized spacial score (nSPS) is 14.6. The molecule has 0 aromatic rings. The molecule has 1 heteroatoms. The molecule has 0 saturated carbocycles. The molecule has 0 radical (unpaired) electrons. The molecule has 0 bridgehead atoms. The minimum Gasteiger partial charge on any atom is -0.330 e. The van der Waals surface area contributed by atoms with Crippen LogP contribution < -0.4 is 5.73 Å². The van der Waals surface area contributed by atoms with Crippen molar-refractivity contribution < 1.29 is 0 Å². The van der Waals surface area contributed by atoms with E-state index in [-0.39, 0.29) is 0 Å². The van der Waals surface area contributed by atoms with Crippen molar-refractivity contribution in [1.82, 2.24) is 0 Å². The molecule has 0 saturated heterocycles. The van der Waals surface area contributed by atoms with Crippen LogP contribution in [-0.2, 0) is 0 Å². The van der Waals surface area contributed by atoms with E-state index < -0.39 is 0 Å².